The van der Waals surface area contributed by atoms with E-state index in [0.717, 1.165) is 6.08 Å². The summed E-state index contributed by atoms with van der Waals surface area (Å²) in [6, 6.07) is 0. The second-order valence-corrected chi connectivity index (χ2v) is 1.79. The second kappa shape index (κ2) is 11.9. The first-order valence-corrected chi connectivity index (χ1v) is 3.64. The van der Waals surface area contributed by atoms with Gasteiger partial charge in [-0.25, -0.2) is 4.79 Å². The lowest BCUT2D eigenvalue weighted by molar-refractivity contribution is -0.131. The Labute approximate surface area is 66.5 Å². The van der Waals surface area contributed by atoms with E-state index in [1.807, 2.05) is 0 Å². The van der Waals surface area contributed by atoms with Crippen molar-refractivity contribution in [3.63, 3.8) is 0 Å². The van der Waals surface area contributed by atoms with E-state index in [1.54, 1.807) is 6.08 Å². The standard InChI is InChI=1S/C3H7O2P.C3H4O2/c1-2-3-5-6-4;1-2-3(4)5/h2H,1,3,6H2;2H,1H2,(H,4,5). The highest BCUT2D eigenvalue weighted by molar-refractivity contribution is 7.17. The van der Waals surface area contributed by atoms with Gasteiger partial charge in [-0.15, -0.1) is 6.58 Å². The molecule has 64 valence electrons. The molecule has 0 heterocycles. The van der Waals surface area contributed by atoms with Gasteiger partial charge in [-0.05, 0) is 0 Å². The molecule has 4 nitrogen and oxygen atoms in total. The van der Waals surface area contributed by atoms with Crippen LogP contribution in [0.25, 0.3) is 0 Å². The van der Waals surface area contributed by atoms with Gasteiger partial charge in [0.1, 0.15) is 0 Å². The van der Waals surface area contributed by atoms with E-state index in [4.69, 9.17) is 5.11 Å². The number of hydrogen-bond acceptors (Lipinski definition) is 3. The Kier molecular flexibility index (Phi) is 13.8. The molecule has 11 heavy (non-hydrogen) atoms. The third-order valence-electron chi connectivity index (χ3n) is 0.457. The molecule has 1 N–H and O–H groups in total. The number of aliphatic carboxylic acids is 1. The molecule has 0 aromatic rings. The van der Waals surface area contributed by atoms with Crippen LogP contribution in [-0.4, -0.2) is 17.7 Å². The summed E-state index contributed by atoms with van der Waals surface area (Å²) in [6.45, 7) is 6.71. The Morgan fingerprint density at radius 3 is 2.18 bits per heavy atom. The molecule has 0 amide bonds. The molecule has 0 fully saturated rings. The van der Waals surface area contributed by atoms with E-state index in [0.29, 0.717) is 6.61 Å². The Bertz CT molecular complexity index is 136. The van der Waals surface area contributed by atoms with Crippen LogP contribution in [0.4, 0.5) is 0 Å². The number of hydrogen-bond donors (Lipinski definition) is 1. The zero-order valence-corrected chi connectivity index (χ0v) is 7.18. The third kappa shape index (κ3) is 27.2. The van der Waals surface area contributed by atoms with Gasteiger partial charge in [0.15, 0.2) is 8.69 Å². The molecule has 0 aliphatic carbocycles. The topological polar surface area (TPSA) is 63.6 Å². The fourth-order valence-corrected chi connectivity index (χ4v) is 0.322. The first-order chi connectivity index (χ1) is 5.18. The van der Waals surface area contributed by atoms with E-state index in [9.17, 15) is 9.36 Å². The molecule has 5 heteroatoms. The summed E-state index contributed by atoms with van der Waals surface area (Å²) in [5, 5.41) is 7.60. The minimum atomic E-state index is -1.04. The van der Waals surface area contributed by atoms with E-state index >= 15 is 0 Å². The second-order valence-electron chi connectivity index (χ2n) is 1.26. The average Bonchev–Trinajstić information content (AvgIpc) is 2.02. The summed E-state index contributed by atoms with van der Waals surface area (Å²) in [6.07, 6.45) is 2.39. The van der Waals surface area contributed by atoms with Crippen LogP contribution >= 0.6 is 8.69 Å². The summed E-state index contributed by atoms with van der Waals surface area (Å²) in [5.41, 5.74) is 0. The predicted molar refractivity (Wildman–Crippen MR) is 44.4 cm³/mol. The normalized spacial score (nSPS) is 8.36. The summed E-state index contributed by atoms with van der Waals surface area (Å²) in [4.78, 5) is 9.25. The molecule has 1 unspecified atom stereocenters. The predicted octanol–water partition coefficient (Wildman–Crippen LogP) is 1.12. The molecule has 0 aromatic carbocycles. The van der Waals surface area contributed by atoms with Crippen LogP contribution in [0.15, 0.2) is 25.3 Å². The highest BCUT2D eigenvalue weighted by Gasteiger charge is 1.73. The lowest BCUT2D eigenvalue weighted by atomic mass is 10.7. The van der Waals surface area contributed by atoms with E-state index in [2.05, 4.69) is 17.7 Å². The molecule has 0 saturated heterocycles. The average molecular weight is 178 g/mol. The van der Waals surface area contributed by atoms with Gasteiger partial charge in [0.05, 0.1) is 6.61 Å². The molecular formula is C6H11O4P. The SMILES string of the molecule is C=CC(=O)O.C=CCO[PH2]=O. The van der Waals surface area contributed by atoms with Crippen molar-refractivity contribution in [2.45, 2.75) is 0 Å². The van der Waals surface area contributed by atoms with Crippen LogP contribution < -0.4 is 0 Å². The minimum Gasteiger partial charge on any atom is -0.478 e. The number of carboxylic acid groups (broad SMARTS) is 1. The molecule has 0 rings (SSSR count). The summed E-state index contributed by atoms with van der Waals surface area (Å²) < 4.78 is 13.9. The van der Waals surface area contributed by atoms with Gasteiger partial charge < -0.3 is 9.63 Å². The maximum atomic E-state index is 9.50. The largest absolute Gasteiger partial charge is 0.478 e. The van der Waals surface area contributed by atoms with Crippen LogP contribution in [-0.2, 0) is 13.9 Å². The molecule has 1 atom stereocenters. The van der Waals surface area contributed by atoms with Crippen molar-refractivity contribution in [3.05, 3.63) is 25.3 Å². The van der Waals surface area contributed by atoms with Gasteiger partial charge in [-0.2, -0.15) is 0 Å². The van der Waals surface area contributed by atoms with Crippen LogP contribution in [0.5, 0.6) is 0 Å². The molecule has 0 saturated carbocycles. The summed E-state index contributed by atoms with van der Waals surface area (Å²) >= 11 is 0. The van der Waals surface area contributed by atoms with Gasteiger partial charge >= 0.3 is 5.97 Å². The minimum absolute atomic E-state index is 0.402. The molecule has 0 bridgehead atoms. The van der Waals surface area contributed by atoms with Gasteiger partial charge in [0.25, 0.3) is 0 Å². The van der Waals surface area contributed by atoms with Crippen molar-refractivity contribution in [2.75, 3.05) is 6.61 Å². The van der Waals surface area contributed by atoms with Crippen LogP contribution in [0.2, 0.25) is 0 Å². The maximum Gasteiger partial charge on any atom is 0.327 e. The van der Waals surface area contributed by atoms with Crippen molar-refractivity contribution in [2.24, 2.45) is 0 Å². The van der Waals surface area contributed by atoms with Gasteiger partial charge in [-0.1, -0.05) is 12.7 Å². The number of carboxylic acids is 1. The molecule has 0 aromatic heterocycles. The Morgan fingerprint density at radius 1 is 1.64 bits per heavy atom. The van der Waals surface area contributed by atoms with E-state index in [1.165, 1.54) is 0 Å². The quantitative estimate of drug-likeness (QED) is 0.303. The highest BCUT2D eigenvalue weighted by Crippen LogP contribution is 1.90. The third-order valence-corrected chi connectivity index (χ3v) is 0.785. The van der Waals surface area contributed by atoms with E-state index in [-0.39, 0.29) is 0 Å². The maximum absolute atomic E-state index is 9.50. The van der Waals surface area contributed by atoms with Gasteiger partial charge in [0.2, 0.25) is 0 Å². The lowest BCUT2D eigenvalue weighted by Crippen LogP contribution is -1.82. The fraction of sp³-hybridized carbons (Fsp3) is 0.167. The Hall–Kier alpha value is -0.860. The van der Waals surface area contributed by atoms with Gasteiger partial charge in [0, 0.05) is 6.08 Å². The van der Waals surface area contributed by atoms with Crippen molar-refractivity contribution in [1.82, 2.24) is 0 Å². The van der Waals surface area contributed by atoms with Gasteiger partial charge in [-0.3, -0.25) is 4.57 Å². The molecule has 0 spiro atoms. The summed E-state index contributed by atoms with van der Waals surface area (Å²) in [7, 11) is -1.04. The van der Waals surface area contributed by atoms with E-state index < -0.39 is 14.7 Å². The monoisotopic (exact) mass is 178 g/mol. The zero-order valence-electron chi connectivity index (χ0n) is 6.03. The Morgan fingerprint density at radius 2 is 2.09 bits per heavy atom. The Balaban J connectivity index is 0. The smallest absolute Gasteiger partial charge is 0.327 e. The first kappa shape index (κ1) is 12.8. The van der Waals surface area contributed by atoms with Crippen molar-refractivity contribution >= 4 is 14.7 Å². The summed E-state index contributed by atoms with van der Waals surface area (Å²) in [5.74, 6) is -0.981. The zero-order chi connectivity index (χ0) is 9.11. The van der Waals surface area contributed by atoms with Crippen LogP contribution in [0.3, 0.4) is 0 Å². The molecule has 0 aliphatic heterocycles. The molecular weight excluding hydrogens is 167 g/mol. The molecule has 0 aliphatic rings. The lowest BCUT2D eigenvalue weighted by Gasteiger charge is -1.79. The van der Waals surface area contributed by atoms with Crippen LogP contribution in [0, 0.1) is 0 Å². The number of rotatable bonds is 4. The van der Waals surface area contributed by atoms with Crippen molar-refractivity contribution < 1.29 is 19.0 Å². The van der Waals surface area contributed by atoms with Crippen molar-refractivity contribution in [1.29, 1.82) is 0 Å². The highest BCUT2D eigenvalue weighted by atomic mass is 31.1. The number of carbonyl (C=O) groups is 1. The van der Waals surface area contributed by atoms with Crippen molar-refractivity contribution in [3.8, 4) is 0 Å². The molecule has 0 radical (unpaired) electrons. The van der Waals surface area contributed by atoms with Crippen LogP contribution in [0.1, 0.15) is 0 Å². The fourth-order valence-electron chi connectivity index (χ4n) is 0.107. The first-order valence-electron chi connectivity index (χ1n) is 2.70.